The van der Waals surface area contributed by atoms with Gasteiger partial charge in [-0.1, -0.05) is 0 Å². The summed E-state index contributed by atoms with van der Waals surface area (Å²) < 4.78 is 44.4. The number of ether oxygens (including phenoxy) is 1. The SMILES string of the molecule is CN(C)CC(Cn1nc2c(c1C(=O)N(C)C)CCc1cnccc1-2)OC(=O)C(F)(F)F. The van der Waals surface area contributed by atoms with Gasteiger partial charge in [-0.2, -0.15) is 18.3 Å². The van der Waals surface area contributed by atoms with E-state index in [-0.39, 0.29) is 24.7 Å². The van der Waals surface area contributed by atoms with Crippen molar-refractivity contribution >= 4 is 11.9 Å². The van der Waals surface area contributed by atoms with Crippen molar-refractivity contribution < 1.29 is 27.5 Å². The van der Waals surface area contributed by atoms with Gasteiger partial charge in [-0.05, 0) is 38.6 Å². The fourth-order valence-corrected chi connectivity index (χ4v) is 3.60. The molecule has 2 aromatic rings. The Balaban J connectivity index is 2.04. The summed E-state index contributed by atoms with van der Waals surface area (Å²) >= 11 is 0. The van der Waals surface area contributed by atoms with Crippen LogP contribution in [-0.4, -0.2) is 83.5 Å². The van der Waals surface area contributed by atoms with Crippen LogP contribution in [0.15, 0.2) is 18.5 Å². The molecule has 31 heavy (non-hydrogen) atoms. The van der Waals surface area contributed by atoms with Crippen molar-refractivity contribution in [3.8, 4) is 11.3 Å². The van der Waals surface area contributed by atoms with Crippen molar-refractivity contribution in [3.63, 3.8) is 0 Å². The van der Waals surface area contributed by atoms with Gasteiger partial charge in [-0.3, -0.25) is 14.5 Å². The number of carbonyl (C=O) groups is 2. The number of nitrogens with zero attached hydrogens (tertiary/aromatic N) is 5. The summed E-state index contributed by atoms with van der Waals surface area (Å²) in [6.45, 7) is -0.162. The summed E-state index contributed by atoms with van der Waals surface area (Å²) in [5, 5.41) is 4.56. The van der Waals surface area contributed by atoms with Gasteiger partial charge < -0.3 is 14.5 Å². The first-order valence-electron chi connectivity index (χ1n) is 9.66. The molecule has 0 spiro atoms. The third kappa shape index (κ3) is 4.87. The van der Waals surface area contributed by atoms with E-state index in [0.29, 0.717) is 18.5 Å². The van der Waals surface area contributed by atoms with Crippen LogP contribution in [0.1, 0.15) is 21.6 Å². The van der Waals surface area contributed by atoms with Crippen LogP contribution in [0, 0.1) is 0 Å². The predicted octanol–water partition coefficient (Wildman–Crippen LogP) is 1.78. The van der Waals surface area contributed by atoms with Gasteiger partial charge in [0.2, 0.25) is 0 Å². The summed E-state index contributed by atoms with van der Waals surface area (Å²) in [6, 6.07) is 1.80. The molecule has 2 heterocycles. The Morgan fingerprint density at radius 3 is 2.55 bits per heavy atom. The maximum Gasteiger partial charge on any atom is 0.490 e. The van der Waals surface area contributed by atoms with Crippen molar-refractivity contribution in [1.29, 1.82) is 0 Å². The zero-order chi connectivity index (χ0) is 22.9. The van der Waals surface area contributed by atoms with E-state index in [9.17, 15) is 22.8 Å². The molecule has 8 nitrogen and oxygen atoms in total. The largest absolute Gasteiger partial charge is 0.490 e. The molecule has 0 radical (unpaired) electrons. The quantitative estimate of drug-likeness (QED) is 0.639. The van der Waals surface area contributed by atoms with E-state index in [1.165, 1.54) is 9.58 Å². The van der Waals surface area contributed by atoms with E-state index in [1.54, 1.807) is 51.6 Å². The van der Waals surface area contributed by atoms with E-state index in [1.807, 2.05) is 0 Å². The average molecular weight is 439 g/mol. The minimum atomic E-state index is -5.11. The summed E-state index contributed by atoms with van der Waals surface area (Å²) in [6.07, 6.45) is -1.69. The molecule has 2 aromatic heterocycles. The highest BCUT2D eigenvalue weighted by molar-refractivity contribution is 5.96. The summed E-state index contributed by atoms with van der Waals surface area (Å²) in [5.74, 6) is -2.59. The molecule has 0 aromatic carbocycles. The van der Waals surface area contributed by atoms with Crippen LogP contribution in [0.4, 0.5) is 13.2 Å². The van der Waals surface area contributed by atoms with Gasteiger partial charge in [-0.25, -0.2) is 4.79 Å². The Labute approximate surface area is 177 Å². The summed E-state index contributed by atoms with van der Waals surface area (Å²) in [5.41, 5.74) is 3.42. The average Bonchev–Trinajstić information content (AvgIpc) is 3.04. The number of amides is 1. The maximum absolute atomic E-state index is 13.0. The number of esters is 1. The van der Waals surface area contributed by atoms with Crippen LogP contribution < -0.4 is 0 Å². The zero-order valence-corrected chi connectivity index (χ0v) is 17.7. The molecule has 0 fully saturated rings. The fourth-order valence-electron chi connectivity index (χ4n) is 3.60. The van der Waals surface area contributed by atoms with Crippen LogP contribution in [-0.2, 0) is 28.9 Å². The van der Waals surface area contributed by atoms with Crippen molar-refractivity contribution in [2.45, 2.75) is 31.7 Å². The number of rotatable bonds is 6. The van der Waals surface area contributed by atoms with Crippen LogP contribution in [0.3, 0.4) is 0 Å². The van der Waals surface area contributed by atoms with Crippen LogP contribution >= 0.6 is 0 Å². The second-order valence-corrected chi connectivity index (χ2v) is 7.88. The number of aromatic nitrogens is 3. The first-order chi connectivity index (χ1) is 14.5. The highest BCUT2D eigenvalue weighted by Crippen LogP contribution is 2.34. The molecule has 0 aliphatic heterocycles. The number of aryl methyl sites for hydroxylation is 1. The lowest BCUT2D eigenvalue weighted by atomic mass is 9.90. The van der Waals surface area contributed by atoms with E-state index >= 15 is 0 Å². The first kappa shape index (κ1) is 22.7. The molecule has 1 atom stereocenters. The van der Waals surface area contributed by atoms with Crippen molar-refractivity contribution in [2.24, 2.45) is 0 Å². The molecule has 0 N–H and O–H groups in total. The van der Waals surface area contributed by atoms with Crippen LogP contribution in [0.25, 0.3) is 11.3 Å². The number of halogens is 3. The van der Waals surface area contributed by atoms with Crippen molar-refractivity contribution in [2.75, 3.05) is 34.7 Å². The molecule has 0 saturated heterocycles. The second kappa shape index (κ2) is 8.66. The highest BCUT2D eigenvalue weighted by atomic mass is 19.4. The molecule has 0 bridgehead atoms. The first-order valence-corrected chi connectivity index (χ1v) is 9.66. The van der Waals surface area contributed by atoms with E-state index < -0.39 is 18.2 Å². The zero-order valence-electron chi connectivity index (χ0n) is 17.7. The van der Waals surface area contributed by atoms with Crippen molar-refractivity contribution in [3.05, 3.63) is 35.3 Å². The van der Waals surface area contributed by atoms with E-state index in [0.717, 1.165) is 16.7 Å². The third-order valence-electron chi connectivity index (χ3n) is 4.91. The normalized spacial score (nSPS) is 14.1. The molecule has 1 aliphatic rings. The Hall–Kier alpha value is -2.95. The molecule has 3 rings (SSSR count). The lowest BCUT2D eigenvalue weighted by Crippen LogP contribution is -2.39. The lowest BCUT2D eigenvalue weighted by molar-refractivity contribution is -0.206. The molecule has 168 valence electrons. The number of hydrogen-bond donors (Lipinski definition) is 0. The Morgan fingerprint density at radius 1 is 1.23 bits per heavy atom. The van der Waals surface area contributed by atoms with Gasteiger partial charge in [0.1, 0.15) is 11.8 Å². The molecule has 1 unspecified atom stereocenters. The number of carbonyl (C=O) groups excluding carboxylic acids is 2. The van der Waals surface area contributed by atoms with E-state index in [2.05, 4.69) is 10.1 Å². The van der Waals surface area contributed by atoms with Gasteiger partial charge in [0.05, 0.1) is 12.2 Å². The molecule has 1 aliphatic carbocycles. The predicted molar refractivity (Wildman–Crippen MR) is 105 cm³/mol. The smallest absolute Gasteiger partial charge is 0.452 e. The lowest BCUT2D eigenvalue weighted by Gasteiger charge is -2.23. The Kier molecular flexibility index (Phi) is 6.35. The molecule has 0 saturated carbocycles. The van der Waals surface area contributed by atoms with Crippen molar-refractivity contribution in [1.82, 2.24) is 24.6 Å². The number of likely N-dealkylation sites (N-methyl/N-ethyl adjacent to an activating group) is 1. The minimum Gasteiger partial charge on any atom is -0.452 e. The van der Waals surface area contributed by atoms with E-state index in [4.69, 9.17) is 4.74 Å². The highest BCUT2D eigenvalue weighted by Gasteiger charge is 2.42. The Morgan fingerprint density at radius 2 is 1.94 bits per heavy atom. The minimum absolute atomic E-state index is 0.0302. The molecule has 1 amide bonds. The summed E-state index contributed by atoms with van der Waals surface area (Å²) in [4.78, 5) is 31.5. The van der Waals surface area contributed by atoms with Gasteiger partial charge >= 0.3 is 12.1 Å². The topological polar surface area (TPSA) is 80.6 Å². The summed E-state index contributed by atoms with van der Waals surface area (Å²) in [7, 11) is 6.48. The monoisotopic (exact) mass is 439 g/mol. The van der Waals surface area contributed by atoms with Gasteiger partial charge in [0.15, 0.2) is 0 Å². The molecule has 11 heteroatoms. The molecular weight excluding hydrogens is 415 g/mol. The Bertz CT molecular complexity index is 985. The number of pyridine rings is 1. The van der Waals surface area contributed by atoms with Gasteiger partial charge in [0, 0.05) is 44.2 Å². The number of fused-ring (bicyclic) bond motifs is 3. The fraction of sp³-hybridized carbons (Fsp3) is 0.500. The van der Waals surface area contributed by atoms with Gasteiger partial charge in [-0.15, -0.1) is 0 Å². The van der Waals surface area contributed by atoms with Gasteiger partial charge in [0.25, 0.3) is 5.91 Å². The number of alkyl halides is 3. The second-order valence-electron chi connectivity index (χ2n) is 7.88. The van der Waals surface area contributed by atoms with Crippen LogP contribution in [0.5, 0.6) is 0 Å². The third-order valence-corrected chi connectivity index (χ3v) is 4.91. The van der Waals surface area contributed by atoms with Crippen LogP contribution in [0.2, 0.25) is 0 Å². The maximum atomic E-state index is 13.0. The molecular formula is C20H24F3N5O3. The standard InChI is InChI=1S/C20H24F3N5O3/c1-26(2)10-13(31-19(30)20(21,22)23)11-28-17(18(29)27(3)4)15-6-5-12-9-24-8-7-14(12)16(15)25-28/h7-9,13H,5-6,10-11H2,1-4H3. The number of hydrogen-bond acceptors (Lipinski definition) is 6.